The zero-order valence-corrected chi connectivity index (χ0v) is 18.3. The number of hydrogen-bond donors (Lipinski definition) is 1. The summed E-state index contributed by atoms with van der Waals surface area (Å²) in [5.41, 5.74) is 3.47. The summed E-state index contributed by atoms with van der Waals surface area (Å²) in [6.45, 7) is 15.0. The molecular formula is C24H39N3O. The van der Waals surface area contributed by atoms with Crippen LogP contribution in [-0.4, -0.2) is 36.5 Å². The lowest BCUT2D eigenvalue weighted by Gasteiger charge is -2.33. The quantitative estimate of drug-likeness (QED) is 0.491. The lowest BCUT2D eigenvalue weighted by atomic mass is 9.91. The van der Waals surface area contributed by atoms with Crippen LogP contribution in [0.4, 0.5) is 0 Å². The molecule has 0 aliphatic carbocycles. The van der Waals surface area contributed by atoms with Gasteiger partial charge in [0, 0.05) is 56.3 Å². The Balaban J connectivity index is 0.00000190. The second kappa shape index (κ2) is 14.0. The maximum atomic E-state index is 12.9. The Kier molecular flexibility index (Phi) is 11.9. The first-order chi connectivity index (χ1) is 13.7. The second-order valence-corrected chi connectivity index (χ2v) is 6.99. The topological polar surface area (TPSA) is 44.7 Å². The average molecular weight is 386 g/mol. The summed E-state index contributed by atoms with van der Waals surface area (Å²) in [7, 11) is 0. The number of aliphatic imine (C=N–C) groups is 1. The van der Waals surface area contributed by atoms with E-state index in [4.69, 9.17) is 0 Å². The minimum Gasteiger partial charge on any atom is -0.389 e. The van der Waals surface area contributed by atoms with Crippen molar-refractivity contribution >= 4 is 12.0 Å². The Morgan fingerprint density at radius 2 is 2.04 bits per heavy atom. The maximum absolute atomic E-state index is 12.9. The molecule has 0 aromatic carbocycles. The van der Waals surface area contributed by atoms with E-state index in [0.29, 0.717) is 13.0 Å². The fraction of sp³-hybridized carbons (Fsp3) is 0.583. The van der Waals surface area contributed by atoms with Gasteiger partial charge in [0.25, 0.3) is 0 Å². The van der Waals surface area contributed by atoms with Crippen LogP contribution in [0, 0.1) is 5.92 Å². The van der Waals surface area contributed by atoms with Crippen molar-refractivity contribution in [2.45, 2.75) is 66.2 Å². The van der Waals surface area contributed by atoms with Crippen molar-refractivity contribution in [1.82, 2.24) is 10.2 Å². The number of Topliss-reactive ketones (excluding diaryl/α,β-unsaturated/α-hetero) is 1. The highest BCUT2D eigenvalue weighted by Crippen LogP contribution is 2.31. The first-order valence-electron chi connectivity index (χ1n) is 10.9. The largest absolute Gasteiger partial charge is 0.389 e. The third kappa shape index (κ3) is 7.49. The van der Waals surface area contributed by atoms with Crippen molar-refractivity contribution in [1.29, 1.82) is 0 Å². The number of fused-ring (bicyclic) bond motifs is 1. The Labute approximate surface area is 172 Å². The summed E-state index contributed by atoms with van der Waals surface area (Å²) in [5, 5.41) is 3.22. The number of hydrogen-bond acceptors (Lipinski definition) is 4. The maximum Gasteiger partial charge on any atom is 0.163 e. The summed E-state index contributed by atoms with van der Waals surface area (Å²) in [6, 6.07) is 0. The molecule has 2 heterocycles. The Morgan fingerprint density at radius 3 is 2.75 bits per heavy atom. The molecule has 1 unspecified atom stereocenters. The van der Waals surface area contributed by atoms with Crippen LogP contribution in [0.3, 0.4) is 0 Å². The molecule has 2 aliphatic heterocycles. The van der Waals surface area contributed by atoms with Gasteiger partial charge >= 0.3 is 0 Å². The molecule has 4 nitrogen and oxygen atoms in total. The zero-order chi connectivity index (χ0) is 20.8. The SMILES string of the molecule is C=C1CC2=C(/C=C\CC)CCCN2CCCC(CN/C=C\N=CC)C1=O.CC. The Hall–Kier alpha value is -2.10. The number of allylic oxidation sites excluding steroid dienone is 4. The molecule has 1 atom stereocenters. The highest BCUT2D eigenvalue weighted by atomic mass is 16.1. The van der Waals surface area contributed by atoms with Crippen molar-refractivity contribution in [2.75, 3.05) is 19.6 Å². The molecule has 0 amide bonds. The summed E-state index contributed by atoms with van der Waals surface area (Å²) in [4.78, 5) is 19.4. The third-order valence-electron chi connectivity index (χ3n) is 5.05. The van der Waals surface area contributed by atoms with Gasteiger partial charge < -0.3 is 10.2 Å². The molecule has 0 radical (unpaired) electrons. The molecule has 0 aromatic heterocycles. The van der Waals surface area contributed by atoms with Gasteiger partial charge in [0.2, 0.25) is 0 Å². The van der Waals surface area contributed by atoms with Gasteiger partial charge in [0.05, 0.1) is 0 Å². The van der Waals surface area contributed by atoms with Crippen molar-refractivity contribution in [2.24, 2.45) is 10.9 Å². The number of nitrogens with one attached hydrogen (secondary N) is 1. The molecule has 0 aromatic rings. The van der Waals surface area contributed by atoms with Gasteiger partial charge in [-0.25, -0.2) is 0 Å². The highest BCUT2D eigenvalue weighted by Gasteiger charge is 2.27. The molecule has 2 rings (SSSR count). The van der Waals surface area contributed by atoms with Crippen molar-refractivity contribution in [3.05, 3.63) is 48.0 Å². The van der Waals surface area contributed by atoms with Crippen LogP contribution in [-0.2, 0) is 4.79 Å². The van der Waals surface area contributed by atoms with Gasteiger partial charge in [-0.3, -0.25) is 9.79 Å². The van der Waals surface area contributed by atoms with Gasteiger partial charge in [-0.1, -0.05) is 39.5 Å². The number of carbonyl (C=O) groups excluding carboxylic acids is 1. The minimum absolute atomic E-state index is 0.00524. The molecule has 1 saturated heterocycles. The first-order valence-corrected chi connectivity index (χ1v) is 10.9. The fourth-order valence-electron chi connectivity index (χ4n) is 3.68. The predicted octanol–water partition coefficient (Wildman–Crippen LogP) is 5.41. The summed E-state index contributed by atoms with van der Waals surface area (Å²) in [5.74, 6) is 0.206. The van der Waals surface area contributed by atoms with Crippen LogP contribution in [0.2, 0.25) is 0 Å². The van der Waals surface area contributed by atoms with Crippen molar-refractivity contribution in [3.63, 3.8) is 0 Å². The molecule has 28 heavy (non-hydrogen) atoms. The van der Waals surface area contributed by atoms with Gasteiger partial charge in [-0.2, -0.15) is 0 Å². The average Bonchev–Trinajstić information content (AvgIpc) is 2.78. The molecule has 0 spiro atoms. The lowest BCUT2D eigenvalue weighted by Crippen LogP contribution is -2.29. The third-order valence-corrected chi connectivity index (χ3v) is 5.05. The summed E-state index contributed by atoms with van der Waals surface area (Å²) >= 11 is 0. The predicted molar refractivity (Wildman–Crippen MR) is 121 cm³/mol. The zero-order valence-electron chi connectivity index (χ0n) is 18.3. The van der Waals surface area contributed by atoms with E-state index in [9.17, 15) is 4.79 Å². The normalized spacial score (nSPS) is 21.4. The van der Waals surface area contributed by atoms with Crippen molar-refractivity contribution < 1.29 is 4.79 Å². The van der Waals surface area contributed by atoms with E-state index in [0.717, 1.165) is 44.3 Å². The number of nitrogens with zero attached hydrogens (tertiary/aromatic N) is 2. The molecule has 0 saturated carbocycles. The van der Waals surface area contributed by atoms with Crippen LogP contribution < -0.4 is 5.32 Å². The smallest absolute Gasteiger partial charge is 0.163 e. The van der Waals surface area contributed by atoms with E-state index in [1.54, 1.807) is 12.4 Å². The second-order valence-electron chi connectivity index (χ2n) is 6.99. The number of ketones is 1. The summed E-state index contributed by atoms with van der Waals surface area (Å²) in [6.07, 6.45) is 15.7. The molecular weight excluding hydrogens is 346 g/mol. The fourth-order valence-corrected chi connectivity index (χ4v) is 3.68. The van der Waals surface area contributed by atoms with Crippen LogP contribution in [0.15, 0.2) is 53.0 Å². The van der Waals surface area contributed by atoms with E-state index >= 15 is 0 Å². The molecule has 4 heteroatoms. The minimum atomic E-state index is -0.00524. The molecule has 1 N–H and O–H groups in total. The molecule has 1 fully saturated rings. The van der Waals surface area contributed by atoms with Gasteiger partial charge in [0.15, 0.2) is 5.78 Å². The van der Waals surface area contributed by atoms with Crippen LogP contribution in [0.25, 0.3) is 0 Å². The van der Waals surface area contributed by atoms with Gasteiger partial charge in [0.1, 0.15) is 0 Å². The van der Waals surface area contributed by atoms with E-state index in [2.05, 4.69) is 40.9 Å². The molecule has 2 aliphatic rings. The van der Waals surface area contributed by atoms with Crippen LogP contribution >= 0.6 is 0 Å². The van der Waals surface area contributed by atoms with E-state index < -0.39 is 0 Å². The monoisotopic (exact) mass is 385 g/mol. The first kappa shape index (κ1) is 23.9. The number of carbonyl (C=O) groups is 1. The van der Waals surface area contributed by atoms with E-state index in [-0.39, 0.29) is 11.7 Å². The summed E-state index contributed by atoms with van der Waals surface area (Å²) < 4.78 is 0. The number of rotatable bonds is 6. The highest BCUT2D eigenvalue weighted by molar-refractivity contribution is 5.97. The van der Waals surface area contributed by atoms with Gasteiger partial charge in [-0.15, -0.1) is 0 Å². The van der Waals surface area contributed by atoms with Crippen LogP contribution in [0.1, 0.15) is 66.2 Å². The van der Waals surface area contributed by atoms with E-state index in [1.165, 1.54) is 17.7 Å². The molecule has 156 valence electrons. The van der Waals surface area contributed by atoms with Crippen LogP contribution in [0.5, 0.6) is 0 Å². The Morgan fingerprint density at radius 1 is 1.29 bits per heavy atom. The Bertz CT molecular complexity index is 613. The van der Waals surface area contributed by atoms with E-state index in [1.807, 2.05) is 27.0 Å². The molecule has 0 bridgehead atoms. The standard InChI is InChI=1S/C22H33N3O.C2H6/c1-4-6-9-19-10-7-14-25-15-8-11-20(17-24-13-12-23-5-2)22(26)18(3)16-21(19)25;1-2/h5-6,9,12-13,20,24H,3-4,7-8,10-11,14-17H2,1-2H3;1-2H3/b9-6-,13-12-,23-5?;. The van der Waals surface area contributed by atoms with Gasteiger partial charge in [-0.05, 0) is 50.2 Å². The lowest BCUT2D eigenvalue weighted by molar-refractivity contribution is -0.119. The van der Waals surface area contributed by atoms with Crippen molar-refractivity contribution in [3.8, 4) is 0 Å².